The van der Waals surface area contributed by atoms with Crippen LogP contribution in [0.15, 0.2) is 27.9 Å². The number of nitrogens with zero attached hydrogens (tertiary/aromatic N) is 2. The lowest BCUT2D eigenvalue weighted by Gasteiger charge is -2.10. The lowest BCUT2D eigenvalue weighted by Crippen LogP contribution is -2.04. The van der Waals surface area contributed by atoms with Crippen LogP contribution in [0.1, 0.15) is 18.2 Å². The average molecular weight is 309 g/mol. The first-order chi connectivity index (χ1) is 9.61. The number of nitro groups is 1. The number of hydrogen-bond donors (Lipinski definition) is 1. The molecule has 0 saturated heterocycles. The molecule has 0 aliphatic rings. The highest BCUT2D eigenvalue weighted by molar-refractivity contribution is 8.00. The highest BCUT2D eigenvalue weighted by atomic mass is 32.2. The van der Waals surface area contributed by atoms with E-state index in [1.165, 1.54) is 6.07 Å². The maximum atomic E-state index is 11.1. The second-order valence-corrected chi connectivity index (χ2v) is 6.22. The topological polar surface area (TPSA) is 68.1 Å². The number of thiazole rings is 1. The first-order valence-corrected chi connectivity index (χ1v) is 8.03. The predicted molar refractivity (Wildman–Crippen MR) is 83.7 cm³/mol. The number of nitrogens with one attached hydrogen (secondary N) is 1. The van der Waals surface area contributed by atoms with E-state index in [4.69, 9.17) is 0 Å². The monoisotopic (exact) mass is 309 g/mol. The number of anilines is 1. The zero-order valence-electron chi connectivity index (χ0n) is 11.3. The van der Waals surface area contributed by atoms with E-state index in [-0.39, 0.29) is 10.6 Å². The van der Waals surface area contributed by atoms with E-state index in [0.717, 1.165) is 15.6 Å². The zero-order valence-corrected chi connectivity index (χ0v) is 12.9. The van der Waals surface area contributed by atoms with E-state index in [1.807, 2.05) is 25.3 Å². The summed E-state index contributed by atoms with van der Waals surface area (Å²) in [6, 6.07) is 5.17. The molecule has 2 rings (SSSR count). The number of nitro benzene ring substituents is 1. The molecule has 0 spiro atoms. The number of para-hydroxylation sites is 1. The van der Waals surface area contributed by atoms with Gasteiger partial charge in [-0.05, 0) is 19.4 Å². The molecular weight excluding hydrogens is 294 g/mol. The number of aryl methyl sites for hydroxylation is 1. The summed E-state index contributed by atoms with van der Waals surface area (Å²) < 4.78 is 0.983. The van der Waals surface area contributed by atoms with Gasteiger partial charge in [0.2, 0.25) is 0 Å². The summed E-state index contributed by atoms with van der Waals surface area (Å²) >= 11 is 3.20. The predicted octanol–water partition coefficient (Wildman–Crippen LogP) is 4.08. The summed E-state index contributed by atoms with van der Waals surface area (Å²) in [5.41, 5.74) is 2.67. The molecule has 0 unspecified atom stereocenters. The Morgan fingerprint density at radius 2 is 2.30 bits per heavy atom. The minimum absolute atomic E-state index is 0.125. The Kier molecular flexibility index (Phi) is 4.97. The van der Waals surface area contributed by atoms with Crippen molar-refractivity contribution in [1.82, 2.24) is 4.98 Å². The Hall–Kier alpha value is -1.60. The molecule has 0 bridgehead atoms. The van der Waals surface area contributed by atoms with E-state index < -0.39 is 0 Å². The summed E-state index contributed by atoms with van der Waals surface area (Å²) in [6.07, 6.45) is 0. The minimum Gasteiger partial charge on any atom is -0.380 e. The van der Waals surface area contributed by atoms with Crippen molar-refractivity contribution in [1.29, 1.82) is 0 Å². The van der Waals surface area contributed by atoms with Crippen molar-refractivity contribution in [2.45, 2.75) is 23.9 Å². The van der Waals surface area contributed by atoms with Gasteiger partial charge in [-0.3, -0.25) is 10.1 Å². The van der Waals surface area contributed by atoms with E-state index in [0.29, 0.717) is 18.0 Å². The third-order valence-corrected chi connectivity index (χ3v) is 4.82. The lowest BCUT2D eigenvalue weighted by molar-refractivity contribution is -0.384. The molecule has 106 valence electrons. The second kappa shape index (κ2) is 6.71. The van der Waals surface area contributed by atoms with Crippen LogP contribution in [0.4, 0.5) is 11.4 Å². The standard InChI is InChI=1S/C13H15N3O2S2/c1-3-14-12-10(5-4-6-11(12)16(17)18)8-20-13-15-9(2)7-19-13/h4-7,14H,3,8H2,1-2H3. The van der Waals surface area contributed by atoms with Gasteiger partial charge in [0.05, 0.1) is 4.92 Å². The fourth-order valence-corrected chi connectivity index (χ4v) is 3.62. The van der Waals surface area contributed by atoms with Crippen LogP contribution >= 0.6 is 23.1 Å². The normalized spacial score (nSPS) is 10.5. The summed E-state index contributed by atoms with van der Waals surface area (Å²) in [5, 5.41) is 16.2. The molecule has 0 atom stereocenters. The van der Waals surface area contributed by atoms with Crippen LogP contribution in [-0.2, 0) is 5.75 Å². The van der Waals surface area contributed by atoms with Crippen LogP contribution in [-0.4, -0.2) is 16.5 Å². The molecule has 0 amide bonds. The molecule has 20 heavy (non-hydrogen) atoms. The van der Waals surface area contributed by atoms with Gasteiger partial charge < -0.3 is 5.32 Å². The Bertz CT molecular complexity index is 613. The number of aromatic nitrogens is 1. The van der Waals surface area contributed by atoms with Gasteiger partial charge in [0.25, 0.3) is 5.69 Å². The molecule has 0 aliphatic heterocycles. The van der Waals surface area contributed by atoms with E-state index in [1.54, 1.807) is 29.2 Å². The molecule has 0 aliphatic carbocycles. The Morgan fingerprint density at radius 3 is 2.90 bits per heavy atom. The van der Waals surface area contributed by atoms with Crippen LogP contribution in [0, 0.1) is 17.0 Å². The third kappa shape index (κ3) is 3.49. The molecule has 5 nitrogen and oxygen atoms in total. The molecule has 0 radical (unpaired) electrons. The van der Waals surface area contributed by atoms with Crippen molar-refractivity contribution >= 4 is 34.5 Å². The SMILES string of the molecule is CCNc1c(CSc2nc(C)cs2)cccc1[N+](=O)[O-]. The number of thioether (sulfide) groups is 1. The summed E-state index contributed by atoms with van der Waals surface area (Å²) in [7, 11) is 0. The van der Waals surface area contributed by atoms with Crippen LogP contribution in [0.25, 0.3) is 0 Å². The van der Waals surface area contributed by atoms with Crippen molar-refractivity contribution in [3.05, 3.63) is 45.0 Å². The average Bonchev–Trinajstić information content (AvgIpc) is 2.83. The zero-order chi connectivity index (χ0) is 14.5. The Labute approximate surface area is 125 Å². The first-order valence-electron chi connectivity index (χ1n) is 6.17. The second-order valence-electron chi connectivity index (χ2n) is 4.14. The van der Waals surface area contributed by atoms with Crippen molar-refractivity contribution in [2.24, 2.45) is 0 Å². The summed E-state index contributed by atoms with van der Waals surface area (Å²) in [6.45, 7) is 4.54. The summed E-state index contributed by atoms with van der Waals surface area (Å²) in [4.78, 5) is 15.1. The van der Waals surface area contributed by atoms with Crippen LogP contribution in [0.2, 0.25) is 0 Å². The largest absolute Gasteiger partial charge is 0.380 e. The quantitative estimate of drug-likeness (QED) is 0.494. The van der Waals surface area contributed by atoms with Gasteiger partial charge in [-0.15, -0.1) is 11.3 Å². The maximum Gasteiger partial charge on any atom is 0.292 e. The fourth-order valence-electron chi connectivity index (χ4n) is 1.78. The van der Waals surface area contributed by atoms with Crippen molar-refractivity contribution in [3.63, 3.8) is 0 Å². The number of benzene rings is 1. The van der Waals surface area contributed by atoms with Gasteiger partial charge in [-0.25, -0.2) is 4.98 Å². The third-order valence-electron chi connectivity index (χ3n) is 2.63. The molecule has 0 saturated carbocycles. The Balaban J connectivity index is 2.21. The molecular formula is C13H15N3O2S2. The van der Waals surface area contributed by atoms with Crippen molar-refractivity contribution < 1.29 is 4.92 Å². The van der Waals surface area contributed by atoms with Gasteiger partial charge >= 0.3 is 0 Å². The number of hydrogen-bond acceptors (Lipinski definition) is 6. The van der Waals surface area contributed by atoms with E-state index >= 15 is 0 Å². The van der Waals surface area contributed by atoms with Gasteiger partial charge in [-0.2, -0.15) is 0 Å². The molecule has 7 heteroatoms. The highest BCUT2D eigenvalue weighted by Gasteiger charge is 2.17. The van der Waals surface area contributed by atoms with E-state index in [2.05, 4.69) is 10.3 Å². The van der Waals surface area contributed by atoms with Crippen molar-refractivity contribution in [3.8, 4) is 0 Å². The lowest BCUT2D eigenvalue weighted by atomic mass is 10.1. The smallest absolute Gasteiger partial charge is 0.292 e. The van der Waals surface area contributed by atoms with Gasteiger partial charge in [0, 0.05) is 29.4 Å². The van der Waals surface area contributed by atoms with Crippen LogP contribution < -0.4 is 5.32 Å². The molecule has 0 fully saturated rings. The minimum atomic E-state index is -0.348. The molecule has 1 heterocycles. The summed E-state index contributed by atoms with van der Waals surface area (Å²) in [5.74, 6) is 0.664. The maximum absolute atomic E-state index is 11.1. The van der Waals surface area contributed by atoms with Crippen LogP contribution in [0.5, 0.6) is 0 Å². The van der Waals surface area contributed by atoms with Crippen molar-refractivity contribution in [2.75, 3.05) is 11.9 Å². The molecule has 1 N–H and O–H groups in total. The highest BCUT2D eigenvalue weighted by Crippen LogP contribution is 2.33. The molecule has 2 aromatic rings. The fraction of sp³-hybridized carbons (Fsp3) is 0.308. The molecule has 1 aromatic heterocycles. The first kappa shape index (κ1) is 14.8. The van der Waals surface area contributed by atoms with E-state index in [9.17, 15) is 10.1 Å². The van der Waals surface area contributed by atoms with Gasteiger partial charge in [0.15, 0.2) is 0 Å². The van der Waals surface area contributed by atoms with Gasteiger partial charge in [-0.1, -0.05) is 23.9 Å². The number of rotatable bonds is 6. The van der Waals surface area contributed by atoms with Gasteiger partial charge in [0.1, 0.15) is 10.0 Å². The Morgan fingerprint density at radius 1 is 1.50 bits per heavy atom. The molecule has 1 aromatic carbocycles. The van der Waals surface area contributed by atoms with Crippen LogP contribution in [0.3, 0.4) is 0 Å².